The topological polar surface area (TPSA) is 82.1 Å². The largest absolute Gasteiger partial charge is 0.374 e. The first-order valence-corrected chi connectivity index (χ1v) is 7.65. The third-order valence-corrected chi connectivity index (χ3v) is 3.91. The summed E-state index contributed by atoms with van der Waals surface area (Å²) in [5.41, 5.74) is 0. The van der Waals surface area contributed by atoms with E-state index in [9.17, 15) is 0 Å². The average Bonchev–Trinajstić information content (AvgIpc) is 3.18. The maximum Gasteiger partial charge on any atom is 0.243 e. The Hall–Kier alpha value is -1.80. The third-order valence-electron chi connectivity index (χ3n) is 3.91. The second kappa shape index (κ2) is 6.53. The predicted octanol–water partition coefficient (Wildman–Crippen LogP) is 1.25. The van der Waals surface area contributed by atoms with E-state index in [0.717, 1.165) is 18.9 Å². The minimum Gasteiger partial charge on any atom is -0.374 e. The fourth-order valence-corrected chi connectivity index (χ4v) is 2.55. The van der Waals surface area contributed by atoms with E-state index in [-0.39, 0.29) is 18.1 Å². The molecule has 3 rings (SSSR count). The lowest BCUT2D eigenvalue weighted by atomic mass is 10.2. The number of aromatic nitrogens is 5. The second-order valence-electron chi connectivity index (χ2n) is 5.93. The van der Waals surface area contributed by atoms with Crippen molar-refractivity contribution in [3.8, 4) is 0 Å². The molecule has 3 heterocycles. The van der Waals surface area contributed by atoms with Gasteiger partial charge in [-0.05, 0) is 6.92 Å². The first-order valence-electron chi connectivity index (χ1n) is 7.65. The smallest absolute Gasteiger partial charge is 0.243 e. The number of ether oxygens (including phenoxy) is 1. The molecule has 0 aromatic carbocycles. The highest BCUT2D eigenvalue weighted by Crippen LogP contribution is 2.23. The lowest BCUT2D eigenvalue weighted by Gasteiger charge is -2.35. The summed E-state index contributed by atoms with van der Waals surface area (Å²) in [7, 11) is 0. The van der Waals surface area contributed by atoms with Gasteiger partial charge < -0.3 is 9.26 Å². The molecule has 0 radical (unpaired) electrons. The van der Waals surface area contributed by atoms with Crippen LogP contribution in [0.1, 0.15) is 44.4 Å². The molecule has 1 fully saturated rings. The lowest BCUT2D eigenvalue weighted by Crippen LogP contribution is -2.45. The van der Waals surface area contributed by atoms with Crippen molar-refractivity contribution >= 4 is 0 Å². The van der Waals surface area contributed by atoms with Crippen LogP contribution < -0.4 is 0 Å². The monoisotopic (exact) mass is 306 g/mol. The third kappa shape index (κ3) is 3.33. The zero-order valence-corrected chi connectivity index (χ0v) is 13.2. The SMILES string of the molecule is CC(C)c1noc(C(C)N2CCOC(Cn3cncn3)C2)n1. The van der Waals surface area contributed by atoms with Crippen molar-refractivity contribution in [3.63, 3.8) is 0 Å². The molecule has 2 aromatic heterocycles. The van der Waals surface area contributed by atoms with Crippen molar-refractivity contribution in [3.05, 3.63) is 24.4 Å². The summed E-state index contributed by atoms with van der Waals surface area (Å²) in [6.07, 6.45) is 3.33. The van der Waals surface area contributed by atoms with Gasteiger partial charge in [-0.3, -0.25) is 9.58 Å². The summed E-state index contributed by atoms with van der Waals surface area (Å²) in [5, 5.41) is 8.17. The van der Waals surface area contributed by atoms with E-state index in [4.69, 9.17) is 9.26 Å². The van der Waals surface area contributed by atoms with Gasteiger partial charge in [0.15, 0.2) is 5.82 Å². The van der Waals surface area contributed by atoms with E-state index < -0.39 is 0 Å². The zero-order valence-electron chi connectivity index (χ0n) is 13.2. The van der Waals surface area contributed by atoms with Crippen LogP contribution in [0.25, 0.3) is 0 Å². The molecule has 2 atom stereocenters. The molecule has 1 aliphatic rings. The van der Waals surface area contributed by atoms with Crippen LogP contribution in [0.4, 0.5) is 0 Å². The van der Waals surface area contributed by atoms with Gasteiger partial charge in [0.2, 0.25) is 5.89 Å². The van der Waals surface area contributed by atoms with Crippen LogP contribution in [-0.2, 0) is 11.3 Å². The standard InChI is InChI=1S/C14H22N6O2/c1-10(2)13-17-14(22-18-13)11(3)19-4-5-21-12(6-19)7-20-9-15-8-16-20/h8-12H,4-7H2,1-3H3. The fraction of sp³-hybridized carbons (Fsp3) is 0.714. The maximum atomic E-state index is 5.81. The first kappa shape index (κ1) is 15.1. The van der Waals surface area contributed by atoms with Gasteiger partial charge in [-0.1, -0.05) is 19.0 Å². The van der Waals surface area contributed by atoms with Gasteiger partial charge in [-0.25, -0.2) is 4.98 Å². The van der Waals surface area contributed by atoms with Gasteiger partial charge >= 0.3 is 0 Å². The Balaban J connectivity index is 1.63. The summed E-state index contributed by atoms with van der Waals surface area (Å²) in [4.78, 5) is 10.8. The highest BCUT2D eigenvalue weighted by Gasteiger charge is 2.28. The minimum absolute atomic E-state index is 0.0853. The fourth-order valence-electron chi connectivity index (χ4n) is 2.55. The Bertz CT molecular complexity index is 582. The molecule has 0 N–H and O–H groups in total. The van der Waals surface area contributed by atoms with Crippen molar-refractivity contribution in [2.75, 3.05) is 19.7 Å². The quantitative estimate of drug-likeness (QED) is 0.822. The summed E-state index contributed by atoms with van der Waals surface area (Å²) < 4.78 is 13.0. The molecule has 2 unspecified atom stereocenters. The number of morpholine rings is 1. The van der Waals surface area contributed by atoms with E-state index >= 15 is 0 Å². The van der Waals surface area contributed by atoms with E-state index in [2.05, 4.69) is 45.9 Å². The molecule has 0 bridgehead atoms. The van der Waals surface area contributed by atoms with Gasteiger partial charge in [-0.2, -0.15) is 10.1 Å². The predicted molar refractivity (Wildman–Crippen MR) is 78.1 cm³/mol. The molecule has 2 aromatic rings. The van der Waals surface area contributed by atoms with Crippen LogP contribution in [-0.4, -0.2) is 55.6 Å². The van der Waals surface area contributed by atoms with Crippen molar-refractivity contribution in [2.24, 2.45) is 0 Å². The van der Waals surface area contributed by atoms with E-state index in [1.807, 2.05) is 0 Å². The molecule has 1 saturated heterocycles. The van der Waals surface area contributed by atoms with E-state index in [1.54, 1.807) is 11.0 Å². The van der Waals surface area contributed by atoms with Crippen molar-refractivity contribution in [2.45, 2.75) is 45.4 Å². The number of nitrogens with zero attached hydrogens (tertiary/aromatic N) is 6. The molecule has 1 aliphatic heterocycles. The van der Waals surface area contributed by atoms with Gasteiger partial charge in [-0.15, -0.1) is 0 Å². The average molecular weight is 306 g/mol. The van der Waals surface area contributed by atoms with Crippen LogP contribution in [0.3, 0.4) is 0 Å². The Labute approximate surface area is 129 Å². The number of hydrogen-bond donors (Lipinski definition) is 0. The molecular weight excluding hydrogens is 284 g/mol. The summed E-state index contributed by atoms with van der Waals surface area (Å²) in [6.45, 7) is 9.26. The molecular formula is C14H22N6O2. The molecule has 0 amide bonds. The van der Waals surface area contributed by atoms with Crippen molar-refractivity contribution in [1.29, 1.82) is 0 Å². The van der Waals surface area contributed by atoms with Gasteiger partial charge in [0, 0.05) is 19.0 Å². The highest BCUT2D eigenvalue weighted by atomic mass is 16.5. The van der Waals surface area contributed by atoms with Crippen molar-refractivity contribution in [1.82, 2.24) is 29.8 Å². The zero-order chi connectivity index (χ0) is 15.5. The summed E-state index contributed by atoms with van der Waals surface area (Å²) >= 11 is 0. The van der Waals surface area contributed by atoms with Gasteiger partial charge in [0.05, 0.1) is 25.3 Å². The van der Waals surface area contributed by atoms with Gasteiger partial charge in [0.1, 0.15) is 12.7 Å². The van der Waals surface area contributed by atoms with Crippen LogP contribution in [0, 0.1) is 0 Å². The lowest BCUT2D eigenvalue weighted by molar-refractivity contribution is -0.0532. The normalized spacial score (nSPS) is 21.4. The summed E-state index contributed by atoms with van der Waals surface area (Å²) in [5.74, 6) is 1.70. The van der Waals surface area contributed by atoms with Crippen molar-refractivity contribution < 1.29 is 9.26 Å². The Kier molecular flexibility index (Phi) is 4.49. The van der Waals surface area contributed by atoms with E-state index in [1.165, 1.54) is 6.33 Å². The Morgan fingerprint density at radius 2 is 2.23 bits per heavy atom. The first-order chi connectivity index (χ1) is 10.6. The Morgan fingerprint density at radius 3 is 2.91 bits per heavy atom. The molecule has 0 saturated carbocycles. The minimum atomic E-state index is 0.0853. The second-order valence-corrected chi connectivity index (χ2v) is 5.93. The molecule has 22 heavy (non-hydrogen) atoms. The van der Waals surface area contributed by atoms with Crippen LogP contribution in [0.15, 0.2) is 17.2 Å². The molecule has 120 valence electrons. The molecule has 0 spiro atoms. The number of hydrogen-bond acceptors (Lipinski definition) is 7. The number of rotatable bonds is 5. The van der Waals surface area contributed by atoms with Gasteiger partial charge in [0.25, 0.3) is 0 Å². The highest BCUT2D eigenvalue weighted by molar-refractivity contribution is 4.96. The molecule has 8 nitrogen and oxygen atoms in total. The van der Waals surface area contributed by atoms with E-state index in [0.29, 0.717) is 19.0 Å². The molecule has 0 aliphatic carbocycles. The maximum absolute atomic E-state index is 5.81. The van der Waals surface area contributed by atoms with Crippen LogP contribution in [0.2, 0.25) is 0 Å². The molecule has 8 heteroatoms. The van der Waals surface area contributed by atoms with Crippen LogP contribution >= 0.6 is 0 Å². The summed E-state index contributed by atoms with van der Waals surface area (Å²) in [6, 6.07) is 0.0853. The Morgan fingerprint density at radius 1 is 1.36 bits per heavy atom. The van der Waals surface area contributed by atoms with Crippen LogP contribution in [0.5, 0.6) is 0 Å².